The molecule has 6 heteroatoms. The van der Waals surface area contributed by atoms with Crippen molar-refractivity contribution in [3.05, 3.63) is 29.8 Å². The molecular formula is C33H51NO5. The number of carbonyl (C=O) groups is 1. The average molecular weight is 542 g/mol. The summed E-state index contributed by atoms with van der Waals surface area (Å²) in [5, 5.41) is 36.6. The van der Waals surface area contributed by atoms with Crippen LogP contribution < -0.4 is 10.1 Å². The minimum Gasteiger partial charge on any atom is -0.494 e. The van der Waals surface area contributed by atoms with Crippen LogP contribution in [0.25, 0.3) is 0 Å². The second kappa shape index (κ2) is 11.3. The van der Waals surface area contributed by atoms with Gasteiger partial charge in [0.2, 0.25) is 5.91 Å². The molecule has 11 atom stereocenters. The van der Waals surface area contributed by atoms with Crippen molar-refractivity contribution in [2.24, 2.45) is 46.3 Å². The van der Waals surface area contributed by atoms with Gasteiger partial charge < -0.3 is 25.4 Å². The van der Waals surface area contributed by atoms with Crippen LogP contribution in [0.1, 0.15) is 91.0 Å². The molecule has 0 spiro atoms. The van der Waals surface area contributed by atoms with Crippen LogP contribution in [-0.2, 0) is 11.3 Å². The number of nitrogens with one attached hydrogen (secondary N) is 1. The maximum atomic E-state index is 12.8. The maximum absolute atomic E-state index is 12.8. The molecule has 0 aromatic heterocycles. The van der Waals surface area contributed by atoms with Crippen molar-refractivity contribution in [1.29, 1.82) is 0 Å². The summed E-state index contributed by atoms with van der Waals surface area (Å²) in [6.45, 7) is 9.99. The first-order chi connectivity index (χ1) is 18.6. The first-order valence-electron chi connectivity index (χ1n) is 15.6. The Labute approximate surface area is 234 Å². The minimum atomic E-state index is -0.389. The summed E-state index contributed by atoms with van der Waals surface area (Å²) in [6, 6.07) is 7.85. The molecule has 0 radical (unpaired) electrons. The standard InChI is InChI=1S/C33H51NO5/c1-5-39-24-8-6-7-21(15-24)19-34-30(38)12-9-20(2)25-10-11-26-31-27(18-29(37)33(25,26)4)32(3)14-13-23(35)16-22(32)17-28(31)36/h6-8,15,20,22-23,25-29,31,35-37H,5,9-14,16-19H2,1-4H3,(H,34,38)/t20-,22?,23-,25-,26?,27?,28-,29+,31?,32+,33-/m1/s1. The monoisotopic (exact) mass is 541 g/mol. The number of fused-ring (bicyclic) bond motifs is 5. The zero-order chi connectivity index (χ0) is 27.9. The van der Waals surface area contributed by atoms with Gasteiger partial charge in [-0.15, -0.1) is 0 Å². The Balaban J connectivity index is 1.21. The molecule has 5 rings (SSSR count). The van der Waals surface area contributed by atoms with Crippen LogP contribution in [0.2, 0.25) is 0 Å². The highest BCUT2D eigenvalue weighted by atomic mass is 16.5. The van der Waals surface area contributed by atoms with Gasteiger partial charge >= 0.3 is 0 Å². The van der Waals surface area contributed by atoms with E-state index < -0.39 is 0 Å². The smallest absolute Gasteiger partial charge is 0.220 e. The van der Waals surface area contributed by atoms with Crippen LogP contribution in [0.5, 0.6) is 5.75 Å². The molecule has 218 valence electrons. The van der Waals surface area contributed by atoms with E-state index in [9.17, 15) is 20.1 Å². The Bertz CT molecular complexity index is 1020. The summed E-state index contributed by atoms with van der Waals surface area (Å²) in [6.07, 6.45) is 6.55. The first kappa shape index (κ1) is 28.9. The van der Waals surface area contributed by atoms with Crippen molar-refractivity contribution < 1.29 is 24.9 Å². The second-order valence-corrected chi connectivity index (χ2v) is 13.9. The summed E-state index contributed by atoms with van der Waals surface area (Å²) in [5.74, 6) is 2.75. The largest absolute Gasteiger partial charge is 0.494 e. The van der Waals surface area contributed by atoms with Crippen molar-refractivity contribution in [2.75, 3.05) is 6.61 Å². The molecule has 4 unspecified atom stereocenters. The number of aliphatic hydroxyl groups is 3. The van der Waals surface area contributed by atoms with E-state index in [2.05, 4.69) is 26.1 Å². The van der Waals surface area contributed by atoms with Crippen molar-refractivity contribution in [3.63, 3.8) is 0 Å². The first-order valence-corrected chi connectivity index (χ1v) is 15.6. The van der Waals surface area contributed by atoms with Crippen LogP contribution in [0.3, 0.4) is 0 Å². The van der Waals surface area contributed by atoms with Gasteiger partial charge in [-0.25, -0.2) is 0 Å². The highest BCUT2D eigenvalue weighted by molar-refractivity contribution is 5.75. The Morgan fingerprint density at radius 3 is 2.67 bits per heavy atom. The third kappa shape index (κ3) is 5.26. The van der Waals surface area contributed by atoms with Crippen LogP contribution in [0.4, 0.5) is 0 Å². The van der Waals surface area contributed by atoms with E-state index in [-0.39, 0.29) is 41.0 Å². The Morgan fingerprint density at radius 2 is 1.90 bits per heavy atom. The molecule has 6 nitrogen and oxygen atoms in total. The van der Waals surface area contributed by atoms with Gasteiger partial charge in [0.05, 0.1) is 24.9 Å². The van der Waals surface area contributed by atoms with E-state index in [4.69, 9.17) is 4.74 Å². The molecule has 4 aliphatic carbocycles. The SMILES string of the molecule is CCOc1cccc(CNC(=O)CC[C@@H](C)[C@H]2CCC3C4C(C[C@H](O)[C@@]32C)[C@@]2(C)CC[C@@H](O)CC2C[C@H]4O)c1. The fraction of sp³-hybridized carbons (Fsp3) is 0.788. The molecule has 39 heavy (non-hydrogen) atoms. The molecular weight excluding hydrogens is 490 g/mol. The second-order valence-electron chi connectivity index (χ2n) is 13.9. The number of hydrogen-bond donors (Lipinski definition) is 4. The van der Waals surface area contributed by atoms with Gasteiger partial charge in [-0.2, -0.15) is 0 Å². The van der Waals surface area contributed by atoms with Gasteiger partial charge in [0.1, 0.15) is 5.75 Å². The minimum absolute atomic E-state index is 0.0637. The zero-order valence-corrected chi connectivity index (χ0v) is 24.4. The lowest BCUT2D eigenvalue weighted by atomic mass is 9.43. The molecule has 4 fully saturated rings. The maximum Gasteiger partial charge on any atom is 0.220 e. The molecule has 1 aromatic carbocycles. The molecule has 1 aromatic rings. The number of carbonyl (C=O) groups excluding carboxylic acids is 1. The highest BCUT2D eigenvalue weighted by Gasteiger charge is 2.65. The van der Waals surface area contributed by atoms with Gasteiger partial charge in [-0.1, -0.05) is 32.9 Å². The van der Waals surface area contributed by atoms with Crippen LogP contribution in [0.15, 0.2) is 24.3 Å². The quantitative estimate of drug-likeness (QED) is 0.368. The third-order valence-electron chi connectivity index (χ3n) is 12.0. The fourth-order valence-electron chi connectivity index (χ4n) is 9.89. The molecule has 0 bridgehead atoms. The van der Waals surface area contributed by atoms with E-state index >= 15 is 0 Å². The Morgan fingerprint density at radius 1 is 1.10 bits per heavy atom. The van der Waals surface area contributed by atoms with E-state index in [1.807, 2.05) is 31.2 Å². The van der Waals surface area contributed by atoms with Gasteiger partial charge in [0, 0.05) is 13.0 Å². The van der Waals surface area contributed by atoms with E-state index in [0.717, 1.165) is 62.7 Å². The molecule has 4 N–H and O–H groups in total. The summed E-state index contributed by atoms with van der Waals surface area (Å²) < 4.78 is 5.57. The van der Waals surface area contributed by atoms with E-state index in [1.165, 1.54) is 0 Å². The zero-order valence-electron chi connectivity index (χ0n) is 24.4. The molecule has 1 amide bonds. The lowest BCUT2D eigenvalue weighted by Crippen LogP contribution is -2.62. The van der Waals surface area contributed by atoms with Gasteiger partial charge in [-0.05, 0) is 122 Å². The number of hydrogen-bond acceptors (Lipinski definition) is 5. The van der Waals surface area contributed by atoms with E-state index in [1.54, 1.807) is 0 Å². The fourth-order valence-corrected chi connectivity index (χ4v) is 9.89. The molecule has 4 saturated carbocycles. The normalized spacial score (nSPS) is 42.1. The molecule has 4 aliphatic rings. The molecule has 0 saturated heterocycles. The highest BCUT2D eigenvalue weighted by Crippen LogP contribution is 2.68. The number of ether oxygens (including phenoxy) is 1. The summed E-state index contributed by atoms with van der Waals surface area (Å²) in [4.78, 5) is 12.8. The lowest BCUT2D eigenvalue weighted by Gasteiger charge is -2.63. The predicted octanol–water partition coefficient (Wildman–Crippen LogP) is 5.08. The number of aliphatic hydroxyl groups excluding tert-OH is 3. The van der Waals surface area contributed by atoms with E-state index in [0.29, 0.717) is 49.2 Å². The molecule has 0 aliphatic heterocycles. The van der Waals surface area contributed by atoms with Crippen molar-refractivity contribution >= 4 is 5.91 Å². The molecule has 0 heterocycles. The summed E-state index contributed by atoms with van der Waals surface area (Å²) in [7, 11) is 0. The number of benzene rings is 1. The van der Waals surface area contributed by atoms with Crippen LogP contribution in [-0.4, -0.2) is 46.1 Å². The lowest BCUT2D eigenvalue weighted by molar-refractivity contribution is -0.207. The van der Waals surface area contributed by atoms with Crippen molar-refractivity contribution in [3.8, 4) is 5.75 Å². The summed E-state index contributed by atoms with van der Waals surface area (Å²) >= 11 is 0. The predicted molar refractivity (Wildman–Crippen MR) is 152 cm³/mol. The number of amides is 1. The van der Waals surface area contributed by atoms with Crippen molar-refractivity contribution in [1.82, 2.24) is 5.32 Å². The number of rotatable bonds is 8. The Kier molecular flexibility index (Phi) is 8.39. The Hall–Kier alpha value is -1.63. The van der Waals surface area contributed by atoms with Gasteiger partial charge in [0.15, 0.2) is 0 Å². The summed E-state index contributed by atoms with van der Waals surface area (Å²) in [5.41, 5.74) is 0.896. The van der Waals surface area contributed by atoms with Gasteiger partial charge in [0.25, 0.3) is 0 Å². The van der Waals surface area contributed by atoms with Gasteiger partial charge in [-0.3, -0.25) is 4.79 Å². The van der Waals surface area contributed by atoms with Crippen LogP contribution >= 0.6 is 0 Å². The van der Waals surface area contributed by atoms with Crippen LogP contribution in [0, 0.1) is 46.3 Å². The third-order valence-corrected chi connectivity index (χ3v) is 12.0. The van der Waals surface area contributed by atoms with Crippen molar-refractivity contribution in [2.45, 2.75) is 110 Å². The topological polar surface area (TPSA) is 99.0 Å². The average Bonchev–Trinajstić information content (AvgIpc) is 3.26.